The zero-order valence-corrected chi connectivity index (χ0v) is 9.48. The number of carbonyl (C=O) groups excluding carboxylic acids is 1. The van der Waals surface area contributed by atoms with Crippen molar-refractivity contribution in [3.8, 4) is 0 Å². The van der Waals surface area contributed by atoms with Crippen LogP contribution in [-0.2, 0) is 11.2 Å². The van der Waals surface area contributed by atoms with Crippen molar-refractivity contribution in [3.63, 3.8) is 0 Å². The highest BCUT2D eigenvalue weighted by molar-refractivity contribution is 5.80. The van der Waals surface area contributed by atoms with Crippen LogP contribution in [0.25, 0.3) is 0 Å². The van der Waals surface area contributed by atoms with Crippen LogP contribution in [0, 0.1) is 5.92 Å². The van der Waals surface area contributed by atoms with Crippen LogP contribution in [0.1, 0.15) is 49.3 Å². The highest BCUT2D eigenvalue weighted by atomic mass is 16.1. The first-order chi connectivity index (χ1) is 7.84. The van der Waals surface area contributed by atoms with Gasteiger partial charge in [-0.15, -0.1) is 0 Å². The third kappa shape index (κ3) is 1.66. The van der Waals surface area contributed by atoms with Gasteiger partial charge in [-0.2, -0.15) is 0 Å². The Morgan fingerprint density at radius 1 is 1.25 bits per heavy atom. The number of aromatic nitrogens is 1. The minimum absolute atomic E-state index is 0.452. The van der Waals surface area contributed by atoms with E-state index >= 15 is 0 Å². The van der Waals surface area contributed by atoms with Crippen molar-refractivity contribution < 1.29 is 4.79 Å². The molecule has 0 spiro atoms. The Morgan fingerprint density at radius 3 is 3.00 bits per heavy atom. The van der Waals surface area contributed by atoms with Gasteiger partial charge in [-0.3, -0.25) is 9.78 Å². The van der Waals surface area contributed by atoms with Crippen LogP contribution in [0.2, 0.25) is 0 Å². The van der Waals surface area contributed by atoms with Gasteiger partial charge >= 0.3 is 0 Å². The number of nitrogens with zero attached hydrogens (tertiary/aromatic N) is 1. The number of ketones is 1. The monoisotopic (exact) mass is 215 g/mol. The van der Waals surface area contributed by atoms with Crippen molar-refractivity contribution in [2.45, 2.75) is 44.4 Å². The first-order valence-corrected chi connectivity index (χ1v) is 6.30. The molecule has 1 aromatic rings. The summed E-state index contributed by atoms with van der Waals surface area (Å²) in [7, 11) is 0. The van der Waals surface area contributed by atoms with Gasteiger partial charge in [-0.25, -0.2) is 0 Å². The number of fused-ring (bicyclic) bond motifs is 1. The lowest BCUT2D eigenvalue weighted by atomic mass is 9.78. The lowest BCUT2D eigenvalue weighted by Gasteiger charge is -2.28. The fraction of sp³-hybridized carbons (Fsp3) is 0.571. The summed E-state index contributed by atoms with van der Waals surface area (Å²) in [5.74, 6) is 1.57. The van der Waals surface area contributed by atoms with Crippen LogP contribution < -0.4 is 0 Å². The van der Waals surface area contributed by atoms with Gasteiger partial charge in [-0.05, 0) is 43.2 Å². The van der Waals surface area contributed by atoms with Crippen LogP contribution >= 0.6 is 0 Å². The van der Waals surface area contributed by atoms with Crippen molar-refractivity contribution in [1.29, 1.82) is 0 Å². The maximum absolute atomic E-state index is 11.4. The summed E-state index contributed by atoms with van der Waals surface area (Å²) in [5, 5.41) is 0. The van der Waals surface area contributed by atoms with E-state index in [9.17, 15) is 4.79 Å². The summed E-state index contributed by atoms with van der Waals surface area (Å²) in [6.07, 6.45) is 8.22. The number of carbonyl (C=O) groups is 1. The van der Waals surface area contributed by atoms with Crippen molar-refractivity contribution in [3.05, 3.63) is 29.6 Å². The molecule has 84 valence electrons. The third-order valence-corrected chi connectivity index (χ3v) is 4.09. The number of aryl methyl sites for hydroxylation is 1. The molecule has 0 radical (unpaired) electrons. The molecule has 1 fully saturated rings. The van der Waals surface area contributed by atoms with E-state index in [4.69, 9.17) is 0 Å². The first kappa shape index (κ1) is 10.0. The van der Waals surface area contributed by atoms with E-state index in [1.807, 2.05) is 12.3 Å². The Kier molecular flexibility index (Phi) is 2.50. The van der Waals surface area contributed by atoms with Crippen molar-refractivity contribution in [1.82, 2.24) is 4.98 Å². The molecule has 2 nitrogen and oxygen atoms in total. The molecule has 0 amide bonds. The van der Waals surface area contributed by atoms with E-state index in [1.165, 1.54) is 30.5 Å². The standard InChI is InChI=1S/C14H17NO/c16-12-7-6-11(9-12)13-5-1-3-10-4-2-8-15-14(10)13/h2,4,8,11,13H,1,3,5-7,9H2. The first-order valence-electron chi connectivity index (χ1n) is 6.30. The second-order valence-electron chi connectivity index (χ2n) is 5.09. The molecule has 0 aliphatic heterocycles. The Balaban J connectivity index is 1.90. The van der Waals surface area contributed by atoms with Gasteiger partial charge in [0.1, 0.15) is 5.78 Å². The van der Waals surface area contributed by atoms with E-state index < -0.39 is 0 Å². The van der Waals surface area contributed by atoms with Gasteiger partial charge in [-0.1, -0.05) is 6.07 Å². The van der Waals surface area contributed by atoms with Crippen LogP contribution in [0.3, 0.4) is 0 Å². The topological polar surface area (TPSA) is 30.0 Å². The highest BCUT2D eigenvalue weighted by Gasteiger charge is 2.33. The maximum Gasteiger partial charge on any atom is 0.133 e. The second kappa shape index (κ2) is 4.00. The third-order valence-electron chi connectivity index (χ3n) is 4.09. The van der Waals surface area contributed by atoms with Gasteiger partial charge in [0.05, 0.1) is 0 Å². The number of pyridine rings is 1. The zero-order chi connectivity index (χ0) is 11.0. The molecule has 3 rings (SSSR count). The smallest absolute Gasteiger partial charge is 0.133 e. The minimum atomic E-state index is 0.452. The minimum Gasteiger partial charge on any atom is -0.300 e. The average Bonchev–Trinajstić information content (AvgIpc) is 2.75. The SMILES string of the molecule is O=C1CCC(C2CCCc3cccnc32)C1. The molecule has 1 saturated carbocycles. The van der Waals surface area contributed by atoms with E-state index in [0.717, 1.165) is 19.3 Å². The molecule has 0 saturated heterocycles. The summed E-state index contributed by atoms with van der Waals surface area (Å²) in [5.41, 5.74) is 2.70. The molecule has 2 heteroatoms. The van der Waals surface area contributed by atoms with Crippen molar-refractivity contribution in [2.24, 2.45) is 5.92 Å². The maximum atomic E-state index is 11.4. The summed E-state index contributed by atoms with van der Waals surface area (Å²) >= 11 is 0. The molecule has 0 bridgehead atoms. The number of rotatable bonds is 1. The fourth-order valence-electron chi connectivity index (χ4n) is 3.29. The van der Waals surface area contributed by atoms with Crippen LogP contribution in [-0.4, -0.2) is 10.8 Å². The summed E-state index contributed by atoms with van der Waals surface area (Å²) < 4.78 is 0. The second-order valence-corrected chi connectivity index (χ2v) is 5.09. The van der Waals surface area contributed by atoms with E-state index in [1.54, 1.807) is 0 Å². The van der Waals surface area contributed by atoms with Gasteiger partial charge < -0.3 is 0 Å². The van der Waals surface area contributed by atoms with E-state index in [-0.39, 0.29) is 0 Å². The molecule has 2 aliphatic rings. The Labute approximate surface area is 96.1 Å². The van der Waals surface area contributed by atoms with Crippen molar-refractivity contribution >= 4 is 5.78 Å². The predicted octanol–water partition coefficient (Wildman–Crippen LogP) is 2.87. The molecule has 16 heavy (non-hydrogen) atoms. The van der Waals surface area contributed by atoms with E-state index in [0.29, 0.717) is 17.6 Å². The molecule has 1 heterocycles. The van der Waals surface area contributed by atoms with Gasteiger partial charge in [0.2, 0.25) is 0 Å². The van der Waals surface area contributed by atoms with Crippen LogP contribution in [0.15, 0.2) is 18.3 Å². The molecule has 0 N–H and O–H groups in total. The predicted molar refractivity (Wildman–Crippen MR) is 62.3 cm³/mol. The molecular weight excluding hydrogens is 198 g/mol. The van der Waals surface area contributed by atoms with Gasteiger partial charge in [0.25, 0.3) is 0 Å². The number of hydrogen-bond acceptors (Lipinski definition) is 2. The van der Waals surface area contributed by atoms with Crippen LogP contribution in [0.5, 0.6) is 0 Å². The van der Waals surface area contributed by atoms with Gasteiger partial charge in [0, 0.05) is 30.7 Å². The number of Topliss-reactive ketones (excluding diaryl/α,β-unsaturated/α-hetero) is 1. The quantitative estimate of drug-likeness (QED) is 0.721. The van der Waals surface area contributed by atoms with Crippen molar-refractivity contribution in [2.75, 3.05) is 0 Å². The Hall–Kier alpha value is -1.18. The summed E-state index contributed by atoms with van der Waals surface area (Å²) in [6.45, 7) is 0. The van der Waals surface area contributed by atoms with Crippen LogP contribution in [0.4, 0.5) is 0 Å². The van der Waals surface area contributed by atoms with E-state index in [2.05, 4.69) is 11.1 Å². The Morgan fingerprint density at radius 2 is 2.19 bits per heavy atom. The lowest BCUT2D eigenvalue weighted by Crippen LogP contribution is -2.18. The molecule has 1 aromatic heterocycles. The normalized spacial score (nSPS) is 29.1. The zero-order valence-electron chi connectivity index (χ0n) is 9.48. The lowest BCUT2D eigenvalue weighted by molar-refractivity contribution is -0.117. The highest BCUT2D eigenvalue weighted by Crippen LogP contribution is 2.41. The summed E-state index contributed by atoms with van der Waals surface area (Å²) in [6, 6.07) is 4.23. The molecule has 0 aromatic carbocycles. The largest absolute Gasteiger partial charge is 0.300 e. The molecule has 2 unspecified atom stereocenters. The average molecular weight is 215 g/mol. The summed E-state index contributed by atoms with van der Waals surface area (Å²) in [4.78, 5) is 15.9. The molecule has 2 aliphatic carbocycles. The fourth-order valence-corrected chi connectivity index (χ4v) is 3.29. The Bertz CT molecular complexity index is 413. The molecule has 2 atom stereocenters. The number of hydrogen-bond donors (Lipinski definition) is 0. The molecular formula is C14H17NO. The van der Waals surface area contributed by atoms with Gasteiger partial charge in [0.15, 0.2) is 0 Å².